The molecule has 2 aliphatic heterocycles. The molecule has 5 atom stereocenters. The molecular formula is C29H38N4O6S. The van der Waals surface area contributed by atoms with Crippen LogP contribution >= 0.6 is 11.9 Å². The van der Waals surface area contributed by atoms with Crippen LogP contribution in [0.1, 0.15) is 43.2 Å². The lowest BCUT2D eigenvalue weighted by Crippen LogP contribution is -2.50. The highest BCUT2D eigenvalue weighted by Crippen LogP contribution is 2.33. The van der Waals surface area contributed by atoms with Gasteiger partial charge in [-0.2, -0.15) is 0 Å². The first-order valence-corrected chi connectivity index (χ1v) is 14.7. The van der Waals surface area contributed by atoms with Gasteiger partial charge in [-0.3, -0.25) is 4.84 Å². The summed E-state index contributed by atoms with van der Waals surface area (Å²) in [5, 5.41) is 21.9. The van der Waals surface area contributed by atoms with Gasteiger partial charge in [0, 0.05) is 22.4 Å². The molecular weight excluding hydrogens is 532 g/mol. The molecule has 5 rings (SSSR count). The molecule has 0 aromatic heterocycles. The van der Waals surface area contributed by atoms with Gasteiger partial charge < -0.3 is 35.8 Å². The summed E-state index contributed by atoms with van der Waals surface area (Å²) in [6, 6.07) is 14.6. The molecule has 216 valence electrons. The van der Waals surface area contributed by atoms with Gasteiger partial charge in [-0.15, -0.1) is 4.47 Å². The number of carbonyl (C=O) groups is 1. The number of nitrogen functional groups attached to an aromatic ring is 1. The summed E-state index contributed by atoms with van der Waals surface area (Å²) in [5.41, 5.74) is 8.23. The van der Waals surface area contributed by atoms with Gasteiger partial charge in [-0.25, -0.2) is 4.79 Å². The van der Waals surface area contributed by atoms with E-state index in [0.29, 0.717) is 30.9 Å². The van der Waals surface area contributed by atoms with Crippen LogP contribution < -0.4 is 11.1 Å². The number of hydrogen-bond acceptors (Lipinski definition) is 10. The fourth-order valence-corrected chi connectivity index (χ4v) is 6.36. The lowest BCUT2D eigenvalue weighted by Gasteiger charge is -2.30. The first-order chi connectivity index (χ1) is 19.5. The van der Waals surface area contributed by atoms with Crippen molar-refractivity contribution in [1.29, 1.82) is 5.41 Å². The normalized spacial score (nSPS) is 24.1. The number of nitrogens with one attached hydrogen (secondary N) is 2. The number of aliphatic hydroxyl groups is 1. The van der Waals surface area contributed by atoms with E-state index in [1.54, 1.807) is 16.6 Å². The van der Waals surface area contributed by atoms with Crippen LogP contribution in [0, 0.1) is 11.3 Å². The van der Waals surface area contributed by atoms with Gasteiger partial charge in [0.1, 0.15) is 6.10 Å². The minimum Gasteiger partial charge on any atom is -0.443 e. The third kappa shape index (κ3) is 7.54. The van der Waals surface area contributed by atoms with Gasteiger partial charge in [-0.05, 0) is 55.3 Å². The molecule has 1 saturated carbocycles. The first-order valence-electron chi connectivity index (χ1n) is 13.9. The zero-order chi connectivity index (χ0) is 27.9. The van der Waals surface area contributed by atoms with E-state index >= 15 is 0 Å². The predicted molar refractivity (Wildman–Crippen MR) is 152 cm³/mol. The highest BCUT2D eigenvalue weighted by molar-refractivity contribution is 7.97. The monoisotopic (exact) mass is 570 g/mol. The van der Waals surface area contributed by atoms with Crippen LogP contribution in [0.5, 0.6) is 0 Å². The summed E-state index contributed by atoms with van der Waals surface area (Å²) in [4.78, 5) is 20.2. The molecule has 11 heteroatoms. The van der Waals surface area contributed by atoms with Crippen LogP contribution in [0.25, 0.3) is 0 Å². The van der Waals surface area contributed by atoms with E-state index in [2.05, 4.69) is 5.32 Å². The third-order valence-electron chi connectivity index (χ3n) is 7.64. The molecule has 3 fully saturated rings. The number of amides is 1. The molecule has 1 aliphatic carbocycles. The van der Waals surface area contributed by atoms with Crippen molar-refractivity contribution in [3.8, 4) is 0 Å². The molecule has 3 aliphatic rings. The van der Waals surface area contributed by atoms with E-state index in [1.165, 1.54) is 18.2 Å². The molecule has 0 spiro atoms. The van der Waals surface area contributed by atoms with Gasteiger partial charge in [0.15, 0.2) is 6.29 Å². The third-order valence-corrected chi connectivity index (χ3v) is 8.54. The number of fused-ring (bicyclic) bond motifs is 1. The number of hydrogen-bond donors (Lipinski definition) is 4. The smallest absolute Gasteiger partial charge is 0.407 e. The minimum absolute atomic E-state index is 0.0291. The first kappa shape index (κ1) is 28.8. The summed E-state index contributed by atoms with van der Waals surface area (Å²) in [6.45, 7) is 1.03. The maximum Gasteiger partial charge on any atom is 0.407 e. The van der Waals surface area contributed by atoms with Crippen molar-refractivity contribution in [2.75, 3.05) is 25.5 Å². The maximum atomic E-state index is 13.0. The second kappa shape index (κ2) is 13.8. The number of anilines is 1. The molecule has 2 aromatic rings. The number of rotatable bonds is 12. The van der Waals surface area contributed by atoms with E-state index in [-0.39, 0.29) is 31.0 Å². The molecule has 2 heterocycles. The van der Waals surface area contributed by atoms with E-state index < -0.39 is 18.2 Å². The number of ether oxygens (including phenoxy) is 3. The second-order valence-electron chi connectivity index (χ2n) is 10.5. The van der Waals surface area contributed by atoms with Gasteiger partial charge in [0.25, 0.3) is 0 Å². The van der Waals surface area contributed by atoms with E-state index in [4.69, 9.17) is 30.2 Å². The topological polar surface area (TPSA) is 139 Å². The molecule has 5 N–H and O–H groups in total. The van der Waals surface area contributed by atoms with E-state index in [1.807, 2.05) is 36.4 Å². The van der Waals surface area contributed by atoms with Crippen molar-refractivity contribution in [2.45, 2.75) is 74.1 Å². The summed E-state index contributed by atoms with van der Waals surface area (Å²) in [5.74, 6) is 0.0291. The summed E-state index contributed by atoms with van der Waals surface area (Å²) in [7, 11) is 0. The molecule has 10 nitrogen and oxygen atoms in total. The van der Waals surface area contributed by atoms with Gasteiger partial charge in [0.05, 0.1) is 43.9 Å². The minimum atomic E-state index is -0.970. The number of nitrogens with zero attached hydrogens (tertiary/aromatic N) is 1. The zero-order valence-electron chi connectivity index (χ0n) is 22.4. The zero-order valence-corrected chi connectivity index (χ0v) is 23.3. The van der Waals surface area contributed by atoms with Crippen LogP contribution in [-0.4, -0.2) is 72.3 Å². The average molecular weight is 571 g/mol. The number of benzene rings is 2. The molecule has 0 radical (unpaired) electrons. The highest BCUT2D eigenvalue weighted by Gasteiger charge is 2.44. The Morgan fingerprint density at radius 3 is 2.75 bits per heavy atom. The molecule has 0 bridgehead atoms. The van der Waals surface area contributed by atoms with Crippen molar-refractivity contribution >= 4 is 29.9 Å². The number of carbonyl (C=O) groups excluding carboxylic acids is 1. The quantitative estimate of drug-likeness (QED) is 0.129. The van der Waals surface area contributed by atoms with Crippen LogP contribution in [0.4, 0.5) is 10.5 Å². The van der Waals surface area contributed by atoms with Crippen LogP contribution in [-0.2, 0) is 25.5 Å². The summed E-state index contributed by atoms with van der Waals surface area (Å²) in [6.07, 6.45) is 4.34. The number of aliphatic hydroxyl groups excluding tert-OH is 1. The van der Waals surface area contributed by atoms with Crippen LogP contribution in [0.3, 0.4) is 0 Å². The number of hydroxylamine groups is 1. The van der Waals surface area contributed by atoms with Crippen LogP contribution in [0.2, 0.25) is 0 Å². The lowest BCUT2D eigenvalue weighted by molar-refractivity contribution is -0.137. The largest absolute Gasteiger partial charge is 0.443 e. The van der Waals surface area contributed by atoms with Crippen molar-refractivity contribution < 1.29 is 28.9 Å². The Hall–Kier alpha value is -2.67. The van der Waals surface area contributed by atoms with Gasteiger partial charge >= 0.3 is 6.09 Å². The highest BCUT2D eigenvalue weighted by atomic mass is 32.2. The molecule has 3 unspecified atom stereocenters. The Morgan fingerprint density at radius 1 is 1.20 bits per heavy atom. The summed E-state index contributed by atoms with van der Waals surface area (Å²) < 4.78 is 18.6. The summed E-state index contributed by atoms with van der Waals surface area (Å²) >= 11 is 1.34. The Kier molecular flexibility index (Phi) is 9.95. The fraction of sp³-hybridized carbons (Fsp3) is 0.517. The van der Waals surface area contributed by atoms with Gasteiger partial charge in [-0.1, -0.05) is 49.2 Å². The Morgan fingerprint density at radius 2 is 2.00 bits per heavy atom. The standard InChI is InChI=1S/C29H38N4O6S/c30-16-20-10-11-22(15-24(20)31)40-33(39-21-8-4-5-9-21)17-26(34)25(14-19-6-2-1-3-7-19)32-29(35)38-27-18-37-28-23(27)12-13-36-28/h1-3,6-7,10-11,15-16,21,23,25-28,30,34H,4-5,8-9,12-14,17-18,31H2,(H,32,35)/t23-,25?,26?,27?,28+/m0/s1. The average Bonchev–Trinajstić information content (AvgIpc) is 3.70. The van der Waals surface area contributed by atoms with Gasteiger partial charge in [0.2, 0.25) is 0 Å². The van der Waals surface area contributed by atoms with Crippen molar-refractivity contribution in [3.63, 3.8) is 0 Å². The SMILES string of the molecule is N=Cc1ccc(SN(CC(O)C(Cc2ccccc2)NC(=O)OC2CO[C@H]3OCC[C@@H]23)OC2CCCC2)cc1N. The molecule has 2 aromatic carbocycles. The van der Waals surface area contributed by atoms with Crippen LogP contribution in [0.15, 0.2) is 53.4 Å². The predicted octanol–water partition coefficient (Wildman–Crippen LogP) is 3.91. The van der Waals surface area contributed by atoms with Crippen molar-refractivity contribution in [2.24, 2.45) is 5.92 Å². The Bertz CT molecular complexity index is 1130. The molecule has 1 amide bonds. The fourth-order valence-electron chi connectivity index (χ4n) is 5.42. The molecule has 2 saturated heterocycles. The Balaban J connectivity index is 1.28. The van der Waals surface area contributed by atoms with Crippen molar-refractivity contribution in [3.05, 3.63) is 59.7 Å². The number of alkyl carbamates (subject to hydrolysis) is 1. The van der Waals surface area contributed by atoms with E-state index in [0.717, 1.165) is 42.6 Å². The number of nitrogens with two attached hydrogens (primary N) is 1. The lowest BCUT2D eigenvalue weighted by atomic mass is 10.0. The Labute approximate surface area is 239 Å². The second-order valence-corrected chi connectivity index (χ2v) is 11.6. The maximum absolute atomic E-state index is 13.0. The van der Waals surface area contributed by atoms with E-state index in [9.17, 15) is 9.90 Å². The van der Waals surface area contributed by atoms with Crippen molar-refractivity contribution in [1.82, 2.24) is 9.79 Å². The molecule has 40 heavy (non-hydrogen) atoms.